The summed E-state index contributed by atoms with van der Waals surface area (Å²) >= 11 is 0. The molecule has 0 saturated carbocycles. The first-order valence-corrected chi connectivity index (χ1v) is 6.89. The van der Waals surface area contributed by atoms with E-state index in [0.29, 0.717) is 11.3 Å². The van der Waals surface area contributed by atoms with Gasteiger partial charge in [-0.05, 0) is 48.0 Å². The molecule has 0 bridgehead atoms. The fraction of sp³-hybridized carbons (Fsp3) is 0.111. The average Bonchev–Trinajstić information content (AvgIpc) is 2.58. The van der Waals surface area contributed by atoms with Gasteiger partial charge in [0.15, 0.2) is 12.4 Å². The summed E-state index contributed by atoms with van der Waals surface area (Å²) in [4.78, 5) is 22.5. The zero-order valence-corrected chi connectivity index (χ0v) is 12.6. The molecule has 0 aliphatic carbocycles. The van der Waals surface area contributed by atoms with E-state index in [4.69, 9.17) is 14.6 Å². The van der Waals surface area contributed by atoms with Gasteiger partial charge in [0.1, 0.15) is 11.5 Å². The van der Waals surface area contributed by atoms with Crippen LogP contribution in [0.15, 0.2) is 54.6 Å². The third-order valence-corrected chi connectivity index (χ3v) is 3.04. The highest BCUT2D eigenvalue weighted by atomic mass is 16.5. The van der Waals surface area contributed by atoms with E-state index in [1.54, 1.807) is 37.5 Å². The van der Waals surface area contributed by atoms with E-state index in [9.17, 15) is 9.59 Å². The normalized spacial score (nSPS) is 10.5. The van der Waals surface area contributed by atoms with Gasteiger partial charge < -0.3 is 14.6 Å². The molecule has 1 N–H and O–H groups in total. The molecule has 5 nitrogen and oxygen atoms in total. The fourth-order valence-corrected chi connectivity index (χ4v) is 1.84. The number of hydrogen-bond acceptors (Lipinski definition) is 4. The van der Waals surface area contributed by atoms with E-state index >= 15 is 0 Å². The number of rotatable bonds is 7. The third kappa shape index (κ3) is 5.00. The van der Waals surface area contributed by atoms with Crippen LogP contribution in [0.1, 0.15) is 15.9 Å². The Bertz CT molecular complexity index is 699. The number of carboxylic acids is 1. The molecule has 5 heteroatoms. The zero-order chi connectivity index (χ0) is 16.7. The summed E-state index contributed by atoms with van der Waals surface area (Å²) in [6, 6.07) is 13.7. The van der Waals surface area contributed by atoms with Crippen molar-refractivity contribution in [1.82, 2.24) is 0 Å². The predicted molar refractivity (Wildman–Crippen MR) is 85.9 cm³/mol. The highest BCUT2D eigenvalue weighted by molar-refractivity contribution is 6.06. The van der Waals surface area contributed by atoms with E-state index in [1.165, 1.54) is 6.08 Å². The SMILES string of the molecule is COc1ccc(/C=C/C(=O)c2ccc(OCC(=O)O)cc2)cc1. The van der Waals surface area contributed by atoms with Crippen LogP contribution in [0.4, 0.5) is 0 Å². The summed E-state index contributed by atoms with van der Waals surface area (Å²) in [5.41, 5.74) is 1.39. The molecule has 0 aliphatic heterocycles. The molecule has 0 aliphatic rings. The van der Waals surface area contributed by atoms with Crippen molar-refractivity contribution in [1.29, 1.82) is 0 Å². The lowest BCUT2D eigenvalue weighted by molar-refractivity contribution is -0.139. The minimum absolute atomic E-state index is 0.148. The maximum atomic E-state index is 12.1. The minimum atomic E-state index is -1.05. The monoisotopic (exact) mass is 312 g/mol. The van der Waals surface area contributed by atoms with Crippen molar-refractivity contribution in [3.63, 3.8) is 0 Å². The Hall–Kier alpha value is -3.08. The smallest absolute Gasteiger partial charge is 0.341 e. The summed E-state index contributed by atoms with van der Waals surface area (Å²) in [5.74, 6) is -0.0355. The van der Waals surface area contributed by atoms with Gasteiger partial charge in [0.25, 0.3) is 0 Å². The summed E-state index contributed by atoms with van der Waals surface area (Å²) in [7, 11) is 1.60. The molecule has 23 heavy (non-hydrogen) atoms. The molecule has 118 valence electrons. The maximum absolute atomic E-state index is 12.1. The van der Waals surface area contributed by atoms with Crippen molar-refractivity contribution in [2.45, 2.75) is 0 Å². The van der Waals surface area contributed by atoms with Crippen LogP contribution in [0.5, 0.6) is 11.5 Å². The topological polar surface area (TPSA) is 72.8 Å². The lowest BCUT2D eigenvalue weighted by Gasteiger charge is -2.03. The summed E-state index contributed by atoms with van der Waals surface area (Å²) in [5, 5.41) is 8.53. The van der Waals surface area contributed by atoms with Gasteiger partial charge in [0.05, 0.1) is 7.11 Å². The van der Waals surface area contributed by atoms with Gasteiger partial charge in [-0.25, -0.2) is 4.79 Å². The Kier molecular flexibility index (Phi) is 5.52. The highest BCUT2D eigenvalue weighted by Gasteiger charge is 2.03. The van der Waals surface area contributed by atoms with Crippen LogP contribution in [-0.2, 0) is 4.79 Å². The molecule has 2 aromatic rings. The number of carboxylic acid groups (broad SMARTS) is 1. The number of ketones is 1. The number of hydrogen-bond donors (Lipinski definition) is 1. The first kappa shape index (κ1) is 16.3. The predicted octanol–water partition coefficient (Wildman–Crippen LogP) is 3.05. The van der Waals surface area contributed by atoms with Crippen molar-refractivity contribution in [3.05, 3.63) is 65.7 Å². The second-order valence-corrected chi connectivity index (χ2v) is 4.68. The first-order chi connectivity index (χ1) is 11.1. The molecule has 0 radical (unpaired) electrons. The van der Waals surface area contributed by atoms with Crippen molar-refractivity contribution < 1.29 is 24.2 Å². The molecular formula is C18H16O5. The summed E-state index contributed by atoms with van der Waals surface area (Å²) in [6.07, 6.45) is 3.20. The molecule has 0 aromatic heterocycles. The molecule has 0 spiro atoms. The molecule has 2 aromatic carbocycles. The molecule has 2 rings (SSSR count). The van der Waals surface area contributed by atoms with E-state index in [0.717, 1.165) is 11.3 Å². The number of carbonyl (C=O) groups is 2. The first-order valence-electron chi connectivity index (χ1n) is 6.89. The van der Waals surface area contributed by atoms with Gasteiger partial charge in [0.2, 0.25) is 0 Å². The maximum Gasteiger partial charge on any atom is 0.341 e. The Balaban J connectivity index is 1.99. The standard InChI is InChI=1S/C18H16O5/c1-22-15-7-2-13(3-8-15)4-11-17(19)14-5-9-16(10-6-14)23-12-18(20)21/h2-11H,12H2,1H3,(H,20,21)/b11-4+. The quantitative estimate of drug-likeness (QED) is 0.628. The van der Waals surface area contributed by atoms with Crippen molar-refractivity contribution in [2.24, 2.45) is 0 Å². The molecule has 0 heterocycles. The van der Waals surface area contributed by atoms with Crippen LogP contribution in [0, 0.1) is 0 Å². The number of methoxy groups -OCH3 is 1. The number of benzene rings is 2. The summed E-state index contributed by atoms with van der Waals surface area (Å²) in [6.45, 7) is -0.412. The van der Waals surface area contributed by atoms with Crippen LogP contribution in [0.25, 0.3) is 6.08 Å². The van der Waals surface area contributed by atoms with E-state index in [-0.39, 0.29) is 5.78 Å². The van der Waals surface area contributed by atoms with Gasteiger partial charge in [-0.2, -0.15) is 0 Å². The second-order valence-electron chi connectivity index (χ2n) is 4.68. The van der Waals surface area contributed by atoms with Gasteiger partial charge in [-0.15, -0.1) is 0 Å². The van der Waals surface area contributed by atoms with Crippen molar-refractivity contribution >= 4 is 17.8 Å². The number of aliphatic carboxylic acids is 1. The lowest BCUT2D eigenvalue weighted by atomic mass is 10.1. The zero-order valence-electron chi connectivity index (χ0n) is 12.6. The van der Waals surface area contributed by atoms with Crippen LogP contribution in [0.2, 0.25) is 0 Å². The number of allylic oxidation sites excluding steroid dienone is 1. The number of ether oxygens (including phenoxy) is 2. The molecular weight excluding hydrogens is 296 g/mol. The highest BCUT2D eigenvalue weighted by Crippen LogP contribution is 2.15. The molecule has 0 fully saturated rings. The Morgan fingerprint density at radius 2 is 1.61 bits per heavy atom. The van der Waals surface area contributed by atoms with Gasteiger partial charge in [0, 0.05) is 5.56 Å². The Morgan fingerprint density at radius 1 is 1.00 bits per heavy atom. The molecule has 0 saturated heterocycles. The van der Waals surface area contributed by atoms with E-state index < -0.39 is 12.6 Å². The van der Waals surface area contributed by atoms with Crippen molar-refractivity contribution in [3.8, 4) is 11.5 Å². The van der Waals surface area contributed by atoms with E-state index in [1.807, 2.05) is 24.3 Å². The minimum Gasteiger partial charge on any atom is -0.497 e. The third-order valence-electron chi connectivity index (χ3n) is 3.04. The molecule has 0 unspecified atom stereocenters. The molecule has 0 amide bonds. The number of carbonyl (C=O) groups excluding carboxylic acids is 1. The van der Waals surface area contributed by atoms with E-state index in [2.05, 4.69) is 0 Å². The Morgan fingerprint density at radius 3 is 2.17 bits per heavy atom. The van der Waals surface area contributed by atoms with Gasteiger partial charge >= 0.3 is 5.97 Å². The van der Waals surface area contributed by atoms with Crippen LogP contribution >= 0.6 is 0 Å². The Labute approximate surface area is 133 Å². The van der Waals surface area contributed by atoms with Crippen LogP contribution in [-0.4, -0.2) is 30.6 Å². The van der Waals surface area contributed by atoms with Crippen LogP contribution < -0.4 is 9.47 Å². The second kappa shape index (κ2) is 7.79. The van der Waals surface area contributed by atoms with Crippen molar-refractivity contribution in [2.75, 3.05) is 13.7 Å². The largest absolute Gasteiger partial charge is 0.497 e. The van der Waals surface area contributed by atoms with Gasteiger partial charge in [-0.1, -0.05) is 18.2 Å². The lowest BCUT2D eigenvalue weighted by Crippen LogP contribution is -2.09. The fourth-order valence-electron chi connectivity index (χ4n) is 1.84. The van der Waals surface area contributed by atoms with Crippen LogP contribution in [0.3, 0.4) is 0 Å². The summed E-state index contributed by atoms with van der Waals surface area (Å²) < 4.78 is 10.1. The molecule has 0 atom stereocenters. The van der Waals surface area contributed by atoms with Gasteiger partial charge in [-0.3, -0.25) is 4.79 Å². The average molecular weight is 312 g/mol.